The summed E-state index contributed by atoms with van der Waals surface area (Å²) < 4.78 is 60.4. The number of carbonyl (C=O) groups excluding carboxylic acids is 1. The maximum Gasteiger partial charge on any atom is 0.417 e. The fraction of sp³-hybridized carbons (Fsp3) is 0.556. The van der Waals surface area contributed by atoms with Crippen molar-refractivity contribution >= 4 is 16.9 Å². The van der Waals surface area contributed by atoms with Gasteiger partial charge >= 0.3 is 6.18 Å². The summed E-state index contributed by atoms with van der Waals surface area (Å²) in [6.45, 7) is 2.47. The number of amides is 1. The Hall–Kier alpha value is -2.20. The van der Waals surface area contributed by atoms with E-state index >= 15 is 0 Å². The lowest BCUT2D eigenvalue weighted by molar-refractivity contribution is -0.137. The Morgan fingerprint density at radius 1 is 1.36 bits per heavy atom. The number of aromatic nitrogens is 2. The van der Waals surface area contributed by atoms with Crippen molar-refractivity contribution in [3.63, 3.8) is 0 Å². The summed E-state index contributed by atoms with van der Waals surface area (Å²) in [5, 5.41) is 3.03. The van der Waals surface area contributed by atoms with Crippen molar-refractivity contribution in [1.82, 2.24) is 19.8 Å². The first-order valence-corrected chi connectivity index (χ1v) is 9.17. The van der Waals surface area contributed by atoms with Crippen LogP contribution in [-0.2, 0) is 28.8 Å². The van der Waals surface area contributed by atoms with Crippen LogP contribution in [0.4, 0.5) is 17.6 Å². The topological polar surface area (TPSA) is 59.4 Å². The number of hydrogen-bond donors (Lipinski definition) is 1. The van der Waals surface area contributed by atoms with Gasteiger partial charge in [0.2, 0.25) is 5.91 Å². The Morgan fingerprint density at radius 2 is 2.14 bits per heavy atom. The van der Waals surface area contributed by atoms with E-state index in [0.717, 1.165) is 19.0 Å². The lowest BCUT2D eigenvalue weighted by Crippen LogP contribution is -2.46. The van der Waals surface area contributed by atoms with E-state index in [1.807, 2.05) is 0 Å². The van der Waals surface area contributed by atoms with Gasteiger partial charge in [-0.15, -0.1) is 0 Å². The molecule has 1 saturated heterocycles. The van der Waals surface area contributed by atoms with Crippen molar-refractivity contribution in [2.24, 2.45) is 0 Å². The Morgan fingerprint density at radius 3 is 2.82 bits per heavy atom. The van der Waals surface area contributed by atoms with E-state index in [1.165, 1.54) is 4.90 Å². The molecule has 0 saturated carbocycles. The molecule has 10 heteroatoms. The monoisotopic (exact) mass is 400 g/mol. The zero-order valence-corrected chi connectivity index (χ0v) is 15.1. The van der Waals surface area contributed by atoms with Gasteiger partial charge in [-0.1, -0.05) is 0 Å². The van der Waals surface area contributed by atoms with Crippen molar-refractivity contribution in [3.05, 3.63) is 29.3 Å². The number of rotatable bonds is 5. The third kappa shape index (κ3) is 3.58. The van der Waals surface area contributed by atoms with Crippen molar-refractivity contribution in [1.29, 1.82) is 0 Å². The van der Waals surface area contributed by atoms with Gasteiger partial charge in [0.15, 0.2) is 5.82 Å². The molecule has 28 heavy (non-hydrogen) atoms. The third-order valence-corrected chi connectivity index (χ3v) is 5.26. The molecule has 0 aliphatic carbocycles. The van der Waals surface area contributed by atoms with Crippen LogP contribution in [0.1, 0.15) is 24.1 Å². The Balaban J connectivity index is 1.44. The van der Waals surface area contributed by atoms with Crippen LogP contribution < -0.4 is 5.32 Å². The molecule has 4 rings (SSSR count). The number of hydrogen-bond acceptors (Lipinski definition) is 4. The van der Waals surface area contributed by atoms with Crippen LogP contribution in [0.5, 0.6) is 0 Å². The first-order valence-electron chi connectivity index (χ1n) is 9.17. The van der Waals surface area contributed by atoms with E-state index in [-0.39, 0.29) is 48.8 Å². The number of alkyl halides is 3. The van der Waals surface area contributed by atoms with Gasteiger partial charge in [-0.05, 0) is 19.0 Å². The molecule has 0 radical (unpaired) electrons. The van der Waals surface area contributed by atoms with Crippen LogP contribution in [0.15, 0.2) is 12.3 Å². The van der Waals surface area contributed by atoms with Crippen LogP contribution in [0.3, 0.4) is 0 Å². The molecule has 1 unspecified atom stereocenters. The van der Waals surface area contributed by atoms with Crippen molar-refractivity contribution in [3.8, 4) is 0 Å². The molecule has 6 nitrogen and oxygen atoms in total. The molecule has 1 N–H and O–H groups in total. The molecule has 1 atom stereocenters. The van der Waals surface area contributed by atoms with Crippen LogP contribution in [0, 0.1) is 5.82 Å². The largest absolute Gasteiger partial charge is 0.417 e. The lowest BCUT2D eigenvalue weighted by atomic mass is 10.1. The third-order valence-electron chi connectivity index (χ3n) is 5.26. The standard InChI is InChI=1S/C18H20F4N4O2/c19-16-13-7-11(18(20,21)22)8-24-17(13)26-5-4-25(9-14(16)26)15(27)2-6-28-10-12-1-3-23-12/h7-8,12,23H,1-6,9-10H2. The van der Waals surface area contributed by atoms with E-state index in [2.05, 4.69) is 10.3 Å². The average molecular weight is 400 g/mol. The molecule has 1 amide bonds. The summed E-state index contributed by atoms with van der Waals surface area (Å²) in [5.74, 6) is -0.917. The number of nitrogens with one attached hydrogen (secondary N) is 1. The minimum atomic E-state index is -4.59. The highest BCUT2D eigenvalue weighted by atomic mass is 19.4. The van der Waals surface area contributed by atoms with Crippen LogP contribution in [-0.4, -0.2) is 52.7 Å². The molecule has 152 valence electrons. The van der Waals surface area contributed by atoms with Gasteiger partial charge in [-0.25, -0.2) is 9.37 Å². The normalized spacial score (nSPS) is 19.6. The summed E-state index contributed by atoms with van der Waals surface area (Å²) in [7, 11) is 0. The second-order valence-electron chi connectivity index (χ2n) is 7.09. The Bertz CT molecular complexity index is 892. The Kier molecular flexibility index (Phi) is 5.00. The molecule has 2 aromatic heterocycles. The number of ether oxygens (including phenoxy) is 1. The number of pyridine rings is 1. The van der Waals surface area contributed by atoms with Crippen LogP contribution >= 0.6 is 0 Å². The van der Waals surface area contributed by atoms with Gasteiger partial charge < -0.3 is 19.5 Å². The zero-order chi connectivity index (χ0) is 19.9. The van der Waals surface area contributed by atoms with Crippen molar-refractivity contribution < 1.29 is 27.1 Å². The number of halogens is 4. The Labute approximate surface area is 158 Å². The highest BCUT2D eigenvalue weighted by Gasteiger charge is 2.33. The van der Waals surface area contributed by atoms with Gasteiger partial charge in [-0.3, -0.25) is 4.79 Å². The minimum Gasteiger partial charge on any atom is -0.379 e. The highest BCUT2D eigenvalue weighted by molar-refractivity contribution is 5.81. The molecule has 0 spiro atoms. The highest BCUT2D eigenvalue weighted by Crippen LogP contribution is 2.33. The number of nitrogens with zero attached hydrogens (tertiary/aromatic N) is 3. The number of carbonyl (C=O) groups is 1. The maximum absolute atomic E-state index is 14.8. The summed E-state index contributed by atoms with van der Waals surface area (Å²) >= 11 is 0. The molecule has 4 heterocycles. The van der Waals surface area contributed by atoms with E-state index in [0.29, 0.717) is 25.4 Å². The molecular weight excluding hydrogens is 380 g/mol. The minimum absolute atomic E-state index is 0.00651. The van der Waals surface area contributed by atoms with Crippen molar-refractivity contribution in [2.75, 3.05) is 26.3 Å². The van der Waals surface area contributed by atoms with Gasteiger partial charge in [0.25, 0.3) is 0 Å². The van der Waals surface area contributed by atoms with E-state index in [4.69, 9.17) is 4.74 Å². The molecule has 2 aromatic rings. The molecule has 1 fully saturated rings. The van der Waals surface area contributed by atoms with Crippen LogP contribution in [0.2, 0.25) is 0 Å². The summed E-state index contributed by atoms with van der Waals surface area (Å²) in [5.41, 5.74) is -0.641. The summed E-state index contributed by atoms with van der Waals surface area (Å²) in [6.07, 6.45) is -2.63. The first-order chi connectivity index (χ1) is 13.3. The van der Waals surface area contributed by atoms with E-state index < -0.39 is 17.6 Å². The quantitative estimate of drug-likeness (QED) is 0.618. The number of fused-ring (bicyclic) bond motifs is 3. The smallest absolute Gasteiger partial charge is 0.379 e. The summed E-state index contributed by atoms with van der Waals surface area (Å²) in [6, 6.07) is 1.13. The van der Waals surface area contributed by atoms with E-state index in [1.54, 1.807) is 4.57 Å². The van der Waals surface area contributed by atoms with E-state index in [9.17, 15) is 22.4 Å². The maximum atomic E-state index is 14.8. The SMILES string of the molecule is O=C(CCOCC1CCN1)N1CCn2c(c(F)c3cc(C(F)(F)F)cnc32)C1. The van der Waals surface area contributed by atoms with Gasteiger partial charge in [0, 0.05) is 25.3 Å². The predicted molar refractivity (Wildman–Crippen MR) is 92.0 cm³/mol. The molecular formula is C18H20F4N4O2. The molecule has 0 bridgehead atoms. The molecule has 2 aliphatic rings. The van der Waals surface area contributed by atoms with Crippen LogP contribution in [0.25, 0.3) is 11.0 Å². The van der Waals surface area contributed by atoms with Crippen molar-refractivity contribution in [2.45, 2.75) is 38.1 Å². The van der Waals surface area contributed by atoms with Gasteiger partial charge in [-0.2, -0.15) is 13.2 Å². The van der Waals surface area contributed by atoms with Gasteiger partial charge in [0.05, 0.1) is 42.8 Å². The van der Waals surface area contributed by atoms with Gasteiger partial charge in [0.1, 0.15) is 5.65 Å². The predicted octanol–water partition coefficient (Wildman–Crippen LogP) is 2.31. The zero-order valence-electron chi connectivity index (χ0n) is 15.1. The second kappa shape index (κ2) is 7.32. The lowest BCUT2D eigenvalue weighted by Gasteiger charge is -2.29. The fourth-order valence-corrected chi connectivity index (χ4v) is 3.51. The average Bonchev–Trinajstić information content (AvgIpc) is 2.91. The second-order valence-corrected chi connectivity index (χ2v) is 7.09. The summed E-state index contributed by atoms with van der Waals surface area (Å²) in [4.78, 5) is 17.7. The fourth-order valence-electron chi connectivity index (χ4n) is 3.51. The molecule has 2 aliphatic heterocycles. The molecule has 0 aromatic carbocycles. The first kappa shape index (κ1) is 19.1.